The van der Waals surface area contributed by atoms with Crippen LogP contribution in [0.25, 0.3) is 44.9 Å². The Morgan fingerprint density at radius 2 is 0.923 bits per heavy atom. The minimum absolute atomic E-state index is 0.0738. The van der Waals surface area contributed by atoms with Crippen LogP contribution in [0, 0.1) is 0 Å². The SMILES string of the molecule is CC1(C)c2ccccc2N(c2ccc3c(c2)Cc2cc4ccc(-c5nc(-c6ccccc6)nc(-c6ccccc6)n5)cc4cc2C3)c2ccccc21. The van der Waals surface area contributed by atoms with Crippen molar-refractivity contribution in [2.45, 2.75) is 32.1 Å². The lowest BCUT2D eigenvalue weighted by Gasteiger charge is -2.42. The first kappa shape index (κ1) is 30.4. The summed E-state index contributed by atoms with van der Waals surface area (Å²) in [5.41, 5.74) is 14.8. The van der Waals surface area contributed by atoms with Gasteiger partial charge in [0.1, 0.15) is 0 Å². The molecular weight excluding hydrogens is 633 g/mol. The van der Waals surface area contributed by atoms with Crippen LogP contribution in [0.3, 0.4) is 0 Å². The molecule has 0 bridgehead atoms. The third-order valence-electron chi connectivity index (χ3n) is 11.0. The fourth-order valence-corrected chi connectivity index (χ4v) is 8.24. The van der Waals surface area contributed by atoms with Gasteiger partial charge in [-0.3, -0.25) is 0 Å². The third kappa shape index (κ3) is 5.02. The molecule has 2 aliphatic rings. The zero-order valence-electron chi connectivity index (χ0n) is 29.2. The molecule has 0 N–H and O–H groups in total. The molecule has 2 heterocycles. The second-order valence-corrected chi connectivity index (χ2v) is 14.5. The van der Waals surface area contributed by atoms with Crippen LogP contribution in [0.2, 0.25) is 0 Å². The molecule has 248 valence electrons. The zero-order valence-corrected chi connectivity index (χ0v) is 29.2. The van der Waals surface area contributed by atoms with Gasteiger partial charge in [-0.25, -0.2) is 15.0 Å². The summed E-state index contributed by atoms with van der Waals surface area (Å²) in [6.45, 7) is 4.68. The molecule has 0 amide bonds. The van der Waals surface area contributed by atoms with Crippen LogP contribution in [-0.2, 0) is 18.3 Å². The van der Waals surface area contributed by atoms with Gasteiger partial charge in [-0.2, -0.15) is 0 Å². The quantitative estimate of drug-likeness (QED) is 0.187. The third-order valence-corrected chi connectivity index (χ3v) is 11.0. The largest absolute Gasteiger partial charge is 0.310 e. The van der Waals surface area contributed by atoms with E-state index < -0.39 is 0 Å². The summed E-state index contributed by atoms with van der Waals surface area (Å²) in [6, 6.07) is 56.5. The minimum Gasteiger partial charge on any atom is -0.310 e. The van der Waals surface area contributed by atoms with E-state index in [1.165, 1.54) is 61.2 Å². The van der Waals surface area contributed by atoms with Crippen molar-refractivity contribution in [2.75, 3.05) is 4.90 Å². The van der Waals surface area contributed by atoms with Crippen LogP contribution in [0.1, 0.15) is 47.2 Å². The topological polar surface area (TPSA) is 41.9 Å². The number of anilines is 3. The molecule has 0 fully saturated rings. The maximum atomic E-state index is 4.98. The van der Waals surface area contributed by atoms with Crippen molar-refractivity contribution in [3.63, 3.8) is 0 Å². The number of hydrogen-bond donors (Lipinski definition) is 0. The molecule has 1 aromatic heterocycles. The molecule has 0 saturated heterocycles. The highest BCUT2D eigenvalue weighted by Gasteiger charge is 2.36. The average molecular weight is 669 g/mol. The van der Waals surface area contributed by atoms with E-state index in [4.69, 9.17) is 15.0 Å². The fraction of sp³-hybridized carbons (Fsp3) is 0.104. The Kier molecular flexibility index (Phi) is 6.94. The van der Waals surface area contributed by atoms with Crippen LogP contribution < -0.4 is 4.90 Å². The molecule has 0 unspecified atom stereocenters. The Bertz CT molecular complexity index is 2550. The van der Waals surface area contributed by atoms with Gasteiger partial charge in [-0.05, 0) is 87.3 Å². The van der Waals surface area contributed by atoms with Gasteiger partial charge < -0.3 is 4.90 Å². The normalized spacial score (nSPS) is 13.9. The van der Waals surface area contributed by atoms with Gasteiger partial charge in [0.15, 0.2) is 17.5 Å². The Morgan fingerprint density at radius 3 is 1.54 bits per heavy atom. The summed E-state index contributed by atoms with van der Waals surface area (Å²) in [5.74, 6) is 2.02. The summed E-state index contributed by atoms with van der Waals surface area (Å²) < 4.78 is 0. The van der Waals surface area contributed by atoms with Gasteiger partial charge in [-0.15, -0.1) is 0 Å². The van der Waals surface area contributed by atoms with E-state index in [2.05, 4.69) is 116 Å². The molecule has 1 aliphatic carbocycles. The number of fused-ring (bicyclic) bond motifs is 5. The zero-order chi connectivity index (χ0) is 34.8. The molecule has 8 aromatic rings. The summed E-state index contributed by atoms with van der Waals surface area (Å²) in [6.07, 6.45) is 1.82. The molecule has 0 radical (unpaired) electrons. The summed E-state index contributed by atoms with van der Waals surface area (Å²) >= 11 is 0. The van der Waals surface area contributed by atoms with E-state index in [-0.39, 0.29) is 5.41 Å². The van der Waals surface area contributed by atoms with Crippen molar-refractivity contribution < 1.29 is 0 Å². The van der Waals surface area contributed by atoms with Crippen molar-refractivity contribution >= 4 is 27.8 Å². The Hall–Kier alpha value is -6.39. The summed E-state index contributed by atoms with van der Waals surface area (Å²) in [4.78, 5) is 17.3. The summed E-state index contributed by atoms with van der Waals surface area (Å²) in [5, 5.41) is 2.42. The highest BCUT2D eigenvalue weighted by molar-refractivity contribution is 5.89. The number of hydrogen-bond acceptors (Lipinski definition) is 4. The lowest BCUT2D eigenvalue weighted by Crippen LogP contribution is -2.30. The minimum atomic E-state index is -0.0738. The molecule has 0 saturated carbocycles. The van der Waals surface area contributed by atoms with Crippen molar-refractivity contribution in [1.82, 2.24) is 15.0 Å². The van der Waals surface area contributed by atoms with E-state index in [1.54, 1.807) is 0 Å². The predicted molar refractivity (Wildman–Crippen MR) is 213 cm³/mol. The molecule has 10 rings (SSSR count). The standard InChI is InChI=1S/C48H36N4/c1-48(2)41-17-9-11-19-43(41)52(44-20-12-10-18-42(44)48)40-24-23-34-26-37-28-36-27-35(22-21-33(36)25-38(37)29-39(34)30-40)47-50-45(31-13-5-3-6-14-31)49-46(51-47)32-15-7-4-8-16-32/h3-25,27-28,30H,26,29H2,1-2H3. The molecule has 0 atom stereocenters. The first-order chi connectivity index (χ1) is 25.5. The Balaban J connectivity index is 1.01. The molecule has 52 heavy (non-hydrogen) atoms. The lowest BCUT2D eigenvalue weighted by atomic mass is 9.73. The molecule has 4 heteroatoms. The van der Waals surface area contributed by atoms with E-state index in [9.17, 15) is 0 Å². The van der Waals surface area contributed by atoms with Gasteiger partial charge >= 0.3 is 0 Å². The average Bonchev–Trinajstić information content (AvgIpc) is 3.20. The maximum absolute atomic E-state index is 4.98. The highest BCUT2D eigenvalue weighted by Crippen LogP contribution is 2.52. The van der Waals surface area contributed by atoms with Gasteiger partial charge in [-0.1, -0.05) is 141 Å². The number of para-hydroxylation sites is 2. The van der Waals surface area contributed by atoms with Crippen LogP contribution >= 0.6 is 0 Å². The number of nitrogens with zero attached hydrogens (tertiary/aromatic N) is 4. The van der Waals surface area contributed by atoms with Gasteiger partial charge in [0.05, 0.1) is 11.4 Å². The number of rotatable bonds is 4. The van der Waals surface area contributed by atoms with Crippen LogP contribution in [0.4, 0.5) is 17.1 Å². The van der Waals surface area contributed by atoms with Crippen LogP contribution in [-0.4, -0.2) is 15.0 Å². The van der Waals surface area contributed by atoms with Crippen molar-refractivity contribution in [3.8, 4) is 34.2 Å². The molecule has 1 aliphatic heterocycles. The van der Waals surface area contributed by atoms with Crippen molar-refractivity contribution in [2.24, 2.45) is 0 Å². The number of aromatic nitrogens is 3. The highest BCUT2D eigenvalue weighted by atomic mass is 15.2. The van der Waals surface area contributed by atoms with Gasteiger partial charge in [0.25, 0.3) is 0 Å². The second-order valence-electron chi connectivity index (χ2n) is 14.5. The van der Waals surface area contributed by atoms with E-state index >= 15 is 0 Å². The van der Waals surface area contributed by atoms with Crippen molar-refractivity contribution in [3.05, 3.63) is 191 Å². The van der Waals surface area contributed by atoms with Crippen LogP contribution in [0.15, 0.2) is 158 Å². The Morgan fingerprint density at radius 1 is 0.423 bits per heavy atom. The fourth-order valence-electron chi connectivity index (χ4n) is 8.24. The van der Waals surface area contributed by atoms with Crippen LogP contribution in [0.5, 0.6) is 0 Å². The molecular formula is C48H36N4. The van der Waals surface area contributed by atoms with Gasteiger partial charge in [0, 0.05) is 27.8 Å². The molecule has 7 aromatic carbocycles. The first-order valence-electron chi connectivity index (χ1n) is 18.0. The number of benzene rings is 7. The van der Waals surface area contributed by atoms with E-state index in [0.717, 1.165) is 29.5 Å². The Labute approximate surface area is 304 Å². The van der Waals surface area contributed by atoms with E-state index in [0.29, 0.717) is 17.5 Å². The monoisotopic (exact) mass is 668 g/mol. The van der Waals surface area contributed by atoms with E-state index in [1.807, 2.05) is 60.7 Å². The lowest BCUT2D eigenvalue weighted by molar-refractivity contribution is 0.632. The molecule has 0 spiro atoms. The molecule has 4 nitrogen and oxygen atoms in total. The first-order valence-corrected chi connectivity index (χ1v) is 18.0. The van der Waals surface area contributed by atoms with Crippen molar-refractivity contribution in [1.29, 1.82) is 0 Å². The van der Waals surface area contributed by atoms with Gasteiger partial charge in [0.2, 0.25) is 0 Å². The smallest absolute Gasteiger partial charge is 0.164 e. The maximum Gasteiger partial charge on any atom is 0.164 e. The second kappa shape index (κ2) is 11.9. The summed E-state index contributed by atoms with van der Waals surface area (Å²) in [7, 11) is 0. The predicted octanol–water partition coefficient (Wildman–Crippen LogP) is 11.6.